The zero-order valence-electron chi connectivity index (χ0n) is 24.9. The van der Waals surface area contributed by atoms with E-state index in [1.807, 2.05) is 12.3 Å². The number of benzene rings is 5. The number of fused-ring (bicyclic) bond motifs is 1. The number of aromatic nitrogens is 1. The average molecular weight is 565 g/mol. The monoisotopic (exact) mass is 564 g/mol. The first-order valence-corrected chi connectivity index (χ1v) is 15.4. The Labute approximate surface area is 253 Å². The van der Waals surface area contributed by atoms with Gasteiger partial charge in [-0.05, 0) is 75.0 Å². The number of hydrogen-bond acceptors (Lipinski definition) is 3. The second-order valence-electron chi connectivity index (χ2n) is 12.2. The predicted octanol–water partition coefficient (Wildman–Crippen LogP) is 11.5. The first-order chi connectivity index (χ1) is 20.3. The van der Waals surface area contributed by atoms with Crippen molar-refractivity contribution in [2.24, 2.45) is 4.99 Å². The summed E-state index contributed by atoms with van der Waals surface area (Å²) < 4.78 is 1.17. The lowest BCUT2D eigenvalue weighted by Gasteiger charge is -2.19. The molecule has 0 radical (unpaired) electrons. The summed E-state index contributed by atoms with van der Waals surface area (Å²) in [5.74, 6) is 0.525. The van der Waals surface area contributed by atoms with Gasteiger partial charge in [0.15, 0.2) is 0 Å². The van der Waals surface area contributed by atoms with Gasteiger partial charge in [0.2, 0.25) is 0 Å². The summed E-state index contributed by atoms with van der Waals surface area (Å²) in [6, 6.07) is 41.1. The molecule has 0 aliphatic heterocycles. The molecule has 0 N–H and O–H groups in total. The van der Waals surface area contributed by atoms with E-state index < -0.39 is 0 Å². The number of thiazole rings is 1. The van der Waals surface area contributed by atoms with Crippen molar-refractivity contribution in [3.63, 3.8) is 0 Å². The minimum absolute atomic E-state index is 0.0956. The van der Waals surface area contributed by atoms with Gasteiger partial charge in [0.25, 0.3) is 0 Å². The van der Waals surface area contributed by atoms with Gasteiger partial charge in [-0.1, -0.05) is 120 Å². The van der Waals surface area contributed by atoms with Gasteiger partial charge in [-0.2, -0.15) is 0 Å². The van der Waals surface area contributed by atoms with Crippen LogP contribution in [-0.2, 0) is 5.41 Å². The lowest BCUT2D eigenvalue weighted by molar-refractivity contribution is 0.590. The van der Waals surface area contributed by atoms with Gasteiger partial charge in [-0.3, -0.25) is 4.99 Å². The van der Waals surface area contributed by atoms with Crippen molar-refractivity contribution in [2.45, 2.75) is 46.0 Å². The molecule has 0 aliphatic carbocycles. The van der Waals surface area contributed by atoms with Gasteiger partial charge in [-0.15, -0.1) is 11.3 Å². The number of nitrogens with zero attached hydrogens (tertiary/aromatic N) is 2. The van der Waals surface area contributed by atoms with Crippen molar-refractivity contribution in [1.82, 2.24) is 4.98 Å². The van der Waals surface area contributed by atoms with E-state index in [1.165, 1.54) is 32.5 Å². The molecule has 0 amide bonds. The molecule has 5 aromatic carbocycles. The lowest BCUT2D eigenvalue weighted by atomic mass is 9.86. The van der Waals surface area contributed by atoms with Crippen molar-refractivity contribution in [3.8, 4) is 32.8 Å². The highest BCUT2D eigenvalue weighted by Crippen LogP contribution is 2.39. The maximum atomic E-state index is 5.20. The minimum Gasteiger partial charge on any atom is -0.256 e. The highest BCUT2D eigenvalue weighted by Gasteiger charge is 2.15. The second kappa shape index (κ2) is 11.5. The van der Waals surface area contributed by atoms with Crippen LogP contribution in [0.4, 0.5) is 5.69 Å². The van der Waals surface area contributed by atoms with Crippen molar-refractivity contribution in [3.05, 3.63) is 132 Å². The molecular formula is C39H36N2S. The van der Waals surface area contributed by atoms with E-state index >= 15 is 0 Å². The highest BCUT2D eigenvalue weighted by molar-refractivity contribution is 7.21. The van der Waals surface area contributed by atoms with Gasteiger partial charge in [0, 0.05) is 17.3 Å². The second-order valence-corrected chi connectivity index (χ2v) is 13.2. The molecule has 0 fully saturated rings. The van der Waals surface area contributed by atoms with Crippen LogP contribution in [0.2, 0.25) is 0 Å². The molecule has 6 rings (SSSR count). The average Bonchev–Trinajstić information content (AvgIpc) is 3.44. The van der Waals surface area contributed by atoms with Gasteiger partial charge < -0.3 is 0 Å². The van der Waals surface area contributed by atoms with Crippen LogP contribution in [0.25, 0.3) is 43.0 Å². The largest absolute Gasteiger partial charge is 0.256 e. The van der Waals surface area contributed by atoms with E-state index in [9.17, 15) is 0 Å². The lowest BCUT2D eigenvalue weighted by Crippen LogP contribution is -2.11. The maximum absolute atomic E-state index is 5.20. The van der Waals surface area contributed by atoms with Crippen LogP contribution in [0.1, 0.15) is 57.2 Å². The summed E-state index contributed by atoms with van der Waals surface area (Å²) in [5.41, 5.74) is 11.6. The Bertz CT molecular complexity index is 1880. The van der Waals surface area contributed by atoms with Crippen LogP contribution in [-0.4, -0.2) is 11.2 Å². The maximum Gasteiger partial charge on any atom is 0.126 e. The van der Waals surface area contributed by atoms with Crippen LogP contribution in [0, 0.1) is 0 Å². The molecule has 6 aromatic rings. The van der Waals surface area contributed by atoms with Crippen LogP contribution in [0.5, 0.6) is 0 Å². The Morgan fingerprint density at radius 3 is 2.19 bits per heavy atom. The Balaban J connectivity index is 1.35. The minimum atomic E-state index is 0.0956. The Kier molecular flexibility index (Phi) is 7.62. The van der Waals surface area contributed by atoms with E-state index in [4.69, 9.17) is 9.98 Å². The van der Waals surface area contributed by atoms with Crippen LogP contribution in [0.15, 0.2) is 120 Å². The van der Waals surface area contributed by atoms with E-state index in [1.54, 1.807) is 11.3 Å². The fourth-order valence-corrected chi connectivity index (χ4v) is 6.25. The summed E-state index contributed by atoms with van der Waals surface area (Å²) in [6.07, 6.45) is 1.96. The molecule has 0 saturated carbocycles. The quantitative estimate of drug-likeness (QED) is 0.185. The third kappa shape index (κ3) is 5.84. The first kappa shape index (κ1) is 27.8. The van der Waals surface area contributed by atoms with Crippen molar-refractivity contribution in [1.29, 1.82) is 0 Å². The fraction of sp³-hybridized carbons (Fsp3) is 0.179. The van der Waals surface area contributed by atoms with Crippen LogP contribution < -0.4 is 0 Å². The number of aliphatic imine (C=N–C) groups is 1. The van der Waals surface area contributed by atoms with E-state index in [0.29, 0.717) is 5.92 Å². The van der Waals surface area contributed by atoms with Gasteiger partial charge in [-0.25, -0.2) is 4.98 Å². The highest BCUT2D eigenvalue weighted by atomic mass is 32.1. The fourth-order valence-electron chi connectivity index (χ4n) is 5.22. The Morgan fingerprint density at radius 2 is 1.40 bits per heavy atom. The SMILES string of the molecule is CC(C)c1ccc(-c2cccc(-c3cccc4sc(-c5ccccc5N=Cc5cccc(C(C)(C)C)c5)nc34)c2)cc1. The van der Waals surface area contributed by atoms with Crippen molar-refractivity contribution in [2.75, 3.05) is 0 Å². The molecule has 1 heterocycles. The zero-order valence-corrected chi connectivity index (χ0v) is 25.7. The molecule has 0 aliphatic rings. The van der Waals surface area contributed by atoms with Gasteiger partial charge >= 0.3 is 0 Å². The van der Waals surface area contributed by atoms with Crippen LogP contribution in [0.3, 0.4) is 0 Å². The van der Waals surface area contributed by atoms with E-state index in [0.717, 1.165) is 32.9 Å². The molecule has 3 heteroatoms. The molecular weight excluding hydrogens is 529 g/mol. The number of hydrogen-bond donors (Lipinski definition) is 0. The molecule has 2 nitrogen and oxygen atoms in total. The standard InChI is InChI=1S/C39H36N2S/c1-26(2)28-19-21-29(22-20-28)30-12-9-13-31(24-30)33-16-10-18-36-37(33)41-38(42-36)34-15-6-7-17-35(34)40-25-27-11-8-14-32(23-27)39(3,4)5/h6-26H,1-5H3. The molecule has 208 valence electrons. The number of para-hydroxylation sites is 2. The number of rotatable bonds is 6. The molecule has 42 heavy (non-hydrogen) atoms. The Morgan fingerprint density at radius 1 is 0.690 bits per heavy atom. The summed E-state index contributed by atoms with van der Waals surface area (Å²) in [4.78, 5) is 10.1. The topological polar surface area (TPSA) is 25.2 Å². The molecule has 0 bridgehead atoms. The molecule has 0 spiro atoms. The van der Waals surface area contributed by atoms with E-state index in [-0.39, 0.29) is 5.41 Å². The third-order valence-corrected chi connectivity index (χ3v) is 8.80. The summed E-state index contributed by atoms with van der Waals surface area (Å²) in [5, 5.41) is 0.981. The molecule has 0 saturated heterocycles. The van der Waals surface area contributed by atoms with E-state index in [2.05, 4.69) is 144 Å². The van der Waals surface area contributed by atoms with Crippen molar-refractivity contribution >= 4 is 33.5 Å². The Hall–Kier alpha value is -4.34. The van der Waals surface area contributed by atoms with Gasteiger partial charge in [0.1, 0.15) is 5.01 Å². The zero-order chi connectivity index (χ0) is 29.3. The first-order valence-electron chi connectivity index (χ1n) is 14.6. The molecule has 0 atom stereocenters. The summed E-state index contributed by atoms with van der Waals surface area (Å²) in [6.45, 7) is 11.2. The van der Waals surface area contributed by atoms with Crippen molar-refractivity contribution < 1.29 is 0 Å². The van der Waals surface area contributed by atoms with Crippen LogP contribution >= 0.6 is 11.3 Å². The summed E-state index contributed by atoms with van der Waals surface area (Å²) >= 11 is 1.72. The third-order valence-electron chi connectivity index (χ3n) is 7.74. The molecule has 0 unspecified atom stereocenters. The summed E-state index contributed by atoms with van der Waals surface area (Å²) in [7, 11) is 0. The molecule has 1 aromatic heterocycles. The van der Waals surface area contributed by atoms with Gasteiger partial charge in [0.05, 0.1) is 15.9 Å². The normalized spacial score (nSPS) is 12.0. The predicted molar refractivity (Wildman–Crippen MR) is 182 cm³/mol. The smallest absolute Gasteiger partial charge is 0.126 e.